The summed E-state index contributed by atoms with van der Waals surface area (Å²) in [4.78, 5) is 24.6. The summed E-state index contributed by atoms with van der Waals surface area (Å²) in [5, 5.41) is 14.3. The second kappa shape index (κ2) is 13.1. The van der Waals surface area contributed by atoms with Crippen LogP contribution in [0, 0.1) is 6.92 Å². The number of β-amino-alcohol motifs (C(OH)–C–C–N with tert-alkyl or cyclic N) is 1. The number of aromatic nitrogens is 2. The van der Waals surface area contributed by atoms with Crippen LogP contribution >= 0.6 is 11.6 Å². The first-order valence-corrected chi connectivity index (χ1v) is 14.4. The molecule has 1 atom stereocenters. The highest BCUT2D eigenvalue weighted by Crippen LogP contribution is 2.35. The third-order valence-electron chi connectivity index (χ3n) is 7.19. The molecule has 1 amide bonds. The lowest BCUT2D eigenvalue weighted by atomic mass is 10.0. The number of aryl methyl sites for hydroxylation is 1. The van der Waals surface area contributed by atoms with Crippen LogP contribution in [0.15, 0.2) is 78.9 Å². The molecule has 5 rings (SSSR count). The van der Waals surface area contributed by atoms with Gasteiger partial charge < -0.3 is 15.3 Å². The van der Waals surface area contributed by atoms with Gasteiger partial charge in [0.15, 0.2) is 5.82 Å². The molecule has 0 radical (unpaired) electrons. The smallest absolute Gasteiger partial charge is 0.224 e. The van der Waals surface area contributed by atoms with E-state index in [2.05, 4.69) is 41.4 Å². The van der Waals surface area contributed by atoms with Crippen LogP contribution in [0.3, 0.4) is 0 Å². The Hall–Kier alpha value is -3.74. The van der Waals surface area contributed by atoms with Gasteiger partial charge in [-0.15, -0.1) is 0 Å². The maximum absolute atomic E-state index is 12.2. The van der Waals surface area contributed by atoms with Crippen molar-refractivity contribution in [2.45, 2.75) is 51.6 Å². The molecule has 1 aliphatic heterocycles. The fraction of sp³-hybridized carbons (Fsp3) is 0.303. The van der Waals surface area contributed by atoms with Crippen molar-refractivity contribution >= 4 is 29.0 Å². The number of unbranched alkanes of at least 4 members (excludes halogenated alkanes) is 3. The van der Waals surface area contributed by atoms with E-state index < -0.39 is 6.10 Å². The number of hydrogen-bond donors (Lipinski definition) is 2. The van der Waals surface area contributed by atoms with E-state index in [1.54, 1.807) is 0 Å². The Morgan fingerprint density at radius 3 is 2.27 bits per heavy atom. The zero-order chi connectivity index (χ0) is 27.9. The lowest BCUT2D eigenvalue weighted by Crippen LogP contribution is -2.40. The number of para-hydroxylation sites is 1. The molecule has 4 aromatic rings. The molecule has 3 aromatic carbocycles. The number of halogens is 1. The number of fused-ring (bicyclic) bond motifs is 1. The lowest BCUT2D eigenvalue weighted by Gasteiger charge is -2.33. The summed E-state index contributed by atoms with van der Waals surface area (Å²) in [6.07, 6.45) is 4.27. The zero-order valence-electron chi connectivity index (χ0n) is 22.8. The van der Waals surface area contributed by atoms with Crippen LogP contribution in [0.2, 0.25) is 5.02 Å². The average Bonchev–Trinajstić information content (AvgIpc) is 2.95. The molecule has 0 spiro atoms. The van der Waals surface area contributed by atoms with Gasteiger partial charge in [0.25, 0.3) is 0 Å². The van der Waals surface area contributed by atoms with Crippen LogP contribution in [0.4, 0.5) is 11.5 Å². The summed E-state index contributed by atoms with van der Waals surface area (Å²) in [5.41, 5.74) is 6.40. The van der Waals surface area contributed by atoms with E-state index in [0.29, 0.717) is 24.4 Å². The molecule has 40 heavy (non-hydrogen) atoms. The Labute approximate surface area is 241 Å². The fourth-order valence-corrected chi connectivity index (χ4v) is 5.21. The van der Waals surface area contributed by atoms with E-state index in [0.717, 1.165) is 71.9 Å². The highest BCUT2D eigenvalue weighted by molar-refractivity contribution is 6.30. The van der Waals surface area contributed by atoms with Crippen molar-refractivity contribution in [3.63, 3.8) is 0 Å². The Morgan fingerprint density at radius 2 is 1.55 bits per heavy atom. The van der Waals surface area contributed by atoms with E-state index in [4.69, 9.17) is 21.6 Å². The molecule has 0 saturated heterocycles. The third kappa shape index (κ3) is 7.06. The summed E-state index contributed by atoms with van der Waals surface area (Å²) in [6.45, 7) is 3.39. The van der Waals surface area contributed by atoms with E-state index in [9.17, 15) is 9.90 Å². The molecule has 206 valence electrons. The highest BCUT2D eigenvalue weighted by Gasteiger charge is 2.28. The number of rotatable bonds is 10. The number of amides is 1. The molecular weight excluding hydrogens is 520 g/mol. The van der Waals surface area contributed by atoms with Crippen molar-refractivity contribution in [3.8, 4) is 22.5 Å². The van der Waals surface area contributed by atoms with Gasteiger partial charge in [-0.25, -0.2) is 9.97 Å². The quantitative estimate of drug-likeness (QED) is 0.205. The molecule has 0 saturated carbocycles. The standard InChI is InChI=1S/C33H35ClN4O2/c1-23-12-14-24(15-13-23)32-31(25-16-18-26(34)19-17-25)36-29-21-28(39)22-38(33(29)37-32)20-8-3-2-7-11-30(40)35-27-9-5-4-6-10-27/h4-6,9-10,12-19,28,39H,2-3,7-8,11,20-22H2,1H3,(H,35,40). The minimum Gasteiger partial charge on any atom is -0.391 e. The van der Waals surface area contributed by atoms with Crippen LogP contribution < -0.4 is 10.2 Å². The number of hydrogen-bond acceptors (Lipinski definition) is 5. The van der Waals surface area contributed by atoms with Crippen LogP contribution in [0.1, 0.15) is 43.4 Å². The zero-order valence-corrected chi connectivity index (χ0v) is 23.6. The molecule has 2 N–H and O–H groups in total. The molecule has 1 unspecified atom stereocenters. The monoisotopic (exact) mass is 554 g/mol. The average molecular weight is 555 g/mol. The molecule has 0 bridgehead atoms. The van der Waals surface area contributed by atoms with Crippen molar-refractivity contribution in [1.82, 2.24) is 9.97 Å². The Morgan fingerprint density at radius 1 is 0.900 bits per heavy atom. The van der Waals surface area contributed by atoms with E-state index >= 15 is 0 Å². The number of benzene rings is 3. The topological polar surface area (TPSA) is 78.4 Å². The second-order valence-corrected chi connectivity index (χ2v) is 10.9. The van der Waals surface area contributed by atoms with Crippen molar-refractivity contribution in [2.75, 3.05) is 23.3 Å². The number of aliphatic hydroxyl groups is 1. The first-order valence-electron chi connectivity index (χ1n) is 14.0. The van der Waals surface area contributed by atoms with Gasteiger partial charge in [-0.05, 0) is 44.0 Å². The van der Waals surface area contributed by atoms with E-state index in [1.807, 2.05) is 54.6 Å². The summed E-state index contributed by atoms with van der Waals surface area (Å²) < 4.78 is 0. The lowest BCUT2D eigenvalue weighted by molar-refractivity contribution is -0.116. The summed E-state index contributed by atoms with van der Waals surface area (Å²) in [7, 11) is 0. The Kier molecular flexibility index (Phi) is 9.09. The molecule has 7 heteroatoms. The number of nitrogens with zero attached hydrogens (tertiary/aromatic N) is 3. The summed E-state index contributed by atoms with van der Waals surface area (Å²) in [5.74, 6) is 0.899. The van der Waals surface area contributed by atoms with Gasteiger partial charge in [0.1, 0.15) is 0 Å². The van der Waals surface area contributed by atoms with Gasteiger partial charge >= 0.3 is 0 Å². The number of carbonyl (C=O) groups is 1. The molecule has 1 aliphatic rings. The van der Waals surface area contributed by atoms with Crippen molar-refractivity contribution < 1.29 is 9.90 Å². The molecule has 0 aliphatic carbocycles. The minimum absolute atomic E-state index is 0.0506. The van der Waals surface area contributed by atoms with E-state index in [1.165, 1.54) is 5.56 Å². The second-order valence-electron chi connectivity index (χ2n) is 10.4. The van der Waals surface area contributed by atoms with Crippen LogP contribution in [-0.4, -0.2) is 40.2 Å². The molecule has 1 aromatic heterocycles. The van der Waals surface area contributed by atoms with Crippen LogP contribution in [0.5, 0.6) is 0 Å². The van der Waals surface area contributed by atoms with Gasteiger partial charge in [0.2, 0.25) is 5.91 Å². The summed E-state index contributed by atoms with van der Waals surface area (Å²) in [6, 6.07) is 25.6. The SMILES string of the molecule is Cc1ccc(-c2nc3c(nc2-c2ccc(Cl)cc2)CC(O)CN3CCCCCCC(=O)Nc2ccccc2)cc1. The number of carbonyl (C=O) groups excluding carboxylic acids is 1. The molecule has 6 nitrogen and oxygen atoms in total. The molecule has 0 fully saturated rings. The van der Waals surface area contributed by atoms with Crippen molar-refractivity contribution in [1.29, 1.82) is 0 Å². The van der Waals surface area contributed by atoms with E-state index in [-0.39, 0.29) is 5.91 Å². The highest BCUT2D eigenvalue weighted by atomic mass is 35.5. The summed E-state index contributed by atoms with van der Waals surface area (Å²) >= 11 is 6.16. The van der Waals surface area contributed by atoms with Gasteiger partial charge in [-0.2, -0.15) is 0 Å². The maximum atomic E-state index is 12.2. The Bertz CT molecular complexity index is 1430. The molecule has 2 heterocycles. The first kappa shape index (κ1) is 27.8. The number of nitrogens with one attached hydrogen (secondary N) is 1. The normalized spacial score (nSPS) is 14.6. The van der Waals surface area contributed by atoms with Gasteiger partial charge in [0, 0.05) is 47.8 Å². The van der Waals surface area contributed by atoms with Gasteiger partial charge in [-0.1, -0.05) is 84.6 Å². The van der Waals surface area contributed by atoms with Crippen LogP contribution in [-0.2, 0) is 11.2 Å². The fourth-order valence-electron chi connectivity index (χ4n) is 5.09. The number of aliphatic hydroxyl groups excluding tert-OH is 1. The van der Waals surface area contributed by atoms with Crippen molar-refractivity contribution in [2.24, 2.45) is 0 Å². The van der Waals surface area contributed by atoms with Crippen molar-refractivity contribution in [3.05, 3.63) is 95.1 Å². The largest absolute Gasteiger partial charge is 0.391 e. The Balaban J connectivity index is 1.27. The predicted octanol–water partition coefficient (Wildman–Crippen LogP) is 7.09. The minimum atomic E-state index is -0.494. The van der Waals surface area contributed by atoms with Gasteiger partial charge in [0.05, 0.1) is 23.2 Å². The van der Waals surface area contributed by atoms with Gasteiger partial charge in [-0.3, -0.25) is 4.79 Å². The maximum Gasteiger partial charge on any atom is 0.224 e. The van der Waals surface area contributed by atoms with Crippen LogP contribution in [0.25, 0.3) is 22.5 Å². The first-order chi connectivity index (χ1) is 19.5. The molecular formula is C33H35ClN4O2. The number of anilines is 2. The predicted molar refractivity (Wildman–Crippen MR) is 163 cm³/mol. The third-order valence-corrected chi connectivity index (χ3v) is 7.44.